The van der Waals surface area contributed by atoms with E-state index in [9.17, 15) is 73.8 Å². The molecule has 11 heterocycles. The number of esters is 1. The SMILES string of the molecule is CC(=O)OCc1cn([C@@H]2O[C@H](CO)[C@@H]3OC(C)(C)OC32)c(=O)[nH]c1=O.CC1(C)OC2[C@@H](O1)[C@@H](CO)O[C@H]2n1cc(CO)c(=O)[nH]c1=O.CC1(C)OC2[C@@H](O1)[C@@H](CO)O[C@H]2n1ccc(=O)[nH]c1=O.CC=O.O=c1ccn([C@@H]2O[C@H](CO)[C@H](O)C2O)c(=O)[nH]1.[Na+].[OH-]. The minimum absolute atomic E-state index is 0. The molecule has 7 aliphatic rings. The molecule has 37 nitrogen and oxygen atoms in total. The first-order valence-electron chi connectivity index (χ1n) is 26.9. The molecule has 0 aromatic carbocycles. The smallest absolute Gasteiger partial charge is 0.870 e. The van der Waals surface area contributed by atoms with E-state index in [-0.39, 0.29) is 72.6 Å². The van der Waals surface area contributed by atoms with Gasteiger partial charge in [-0.1, -0.05) is 0 Å². The largest absolute Gasteiger partial charge is 1.00 e. The van der Waals surface area contributed by atoms with Gasteiger partial charge >= 0.3 is 58.3 Å². The first-order valence-corrected chi connectivity index (χ1v) is 26.9. The third-order valence-corrected chi connectivity index (χ3v) is 13.9. The molecule has 0 radical (unpaired) electrons. The Labute approximate surface area is 522 Å². The van der Waals surface area contributed by atoms with Crippen molar-refractivity contribution in [3.63, 3.8) is 0 Å². The predicted octanol–water partition coefficient (Wildman–Crippen LogP) is -9.42. The average molecular weight is 1280 g/mol. The van der Waals surface area contributed by atoms with E-state index in [0.717, 1.165) is 32.3 Å². The van der Waals surface area contributed by atoms with Crippen LogP contribution in [-0.4, -0.2) is 209 Å². The molecule has 4 aromatic heterocycles. The van der Waals surface area contributed by atoms with Crippen molar-refractivity contribution in [2.45, 2.75) is 184 Å². The molecule has 0 bridgehead atoms. The molecular weight excluding hydrogens is 1210 g/mol. The van der Waals surface area contributed by atoms with Gasteiger partial charge in [-0.2, -0.15) is 0 Å². The zero-order chi connectivity index (χ0) is 64.2. The van der Waals surface area contributed by atoms with Crippen molar-refractivity contribution < 1.29 is 132 Å². The molecule has 0 spiro atoms. The van der Waals surface area contributed by atoms with Crippen LogP contribution in [-0.2, 0) is 74.9 Å². The summed E-state index contributed by atoms with van der Waals surface area (Å²) < 4.78 is 65.8. The van der Waals surface area contributed by atoms with E-state index in [1.807, 2.05) is 4.98 Å². The summed E-state index contributed by atoms with van der Waals surface area (Å²) in [7, 11) is 0. The monoisotopic (exact) mass is 1280 g/mol. The molecule has 16 atom stereocenters. The van der Waals surface area contributed by atoms with Gasteiger partial charge in [0.05, 0.1) is 44.2 Å². The first-order chi connectivity index (χ1) is 40.9. The van der Waals surface area contributed by atoms with Gasteiger partial charge in [0.25, 0.3) is 22.2 Å². The van der Waals surface area contributed by atoms with Crippen LogP contribution in [0.4, 0.5) is 0 Å². The number of aromatic amines is 4. The molecule has 0 aliphatic carbocycles. The maximum absolute atomic E-state index is 12.2. The molecule has 0 saturated carbocycles. The fourth-order valence-electron chi connectivity index (χ4n) is 10.3. The number of aldehydes is 1. The summed E-state index contributed by atoms with van der Waals surface area (Å²) in [5.41, 5.74) is -4.97. The van der Waals surface area contributed by atoms with Crippen LogP contribution < -0.4 is 74.6 Å². The Bertz CT molecular complexity index is 3560. The van der Waals surface area contributed by atoms with Crippen LogP contribution >= 0.6 is 0 Å². The van der Waals surface area contributed by atoms with Crippen LogP contribution in [0.25, 0.3) is 0 Å². The second-order valence-electron chi connectivity index (χ2n) is 21.5. The van der Waals surface area contributed by atoms with E-state index < -0.39 is 180 Å². The third kappa shape index (κ3) is 16.8. The molecule has 0 amide bonds. The molecule has 4 aromatic rings. The number of hydrogen-bond donors (Lipinski definition) is 11. The molecule has 490 valence electrons. The summed E-state index contributed by atoms with van der Waals surface area (Å²) in [5, 5.41) is 65.5. The van der Waals surface area contributed by atoms with Crippen LogP contribution in [0, 0.1) is 0 Å². The van der Waals surface area contributed by atoms with E-state index in [4.69, 9.17) is 62.0 Å². The quantitative estimate of drug-likeness (QED) is 0.0377. The minimum atomic E-state index is -1.35. The second-order valence-corrected chi connectivity index (χ2v) is 21.5. The van der Waals surface area contributed by atoms with E-state index >= 15 is 0 Å². The van der Waals surface area contributed by atoms with Crippen LogP contribution in [0.1, 0.15) is 91.4 Å². The molecule has 7 saturated heterocycles. The topological polar surface area (TPSA) is 527 Å². The summed E-state index contributed by atoms with van der Waals surface area (Å²) in [4.78, 5) is 121. The number of nitrogens with zero attached hydrogens (tertiary/aromatic N) is 4. The molecule has 7 fully saturated rings. The normalized spacial score (nSPS) is 31.0. The van der Waals surface area contributed by atoms with Crippen molar-refractivity contribution in [3.05, 3.63) is 131 Å². The van der Waals surface area contributed by atoms with Crippen LogP contribution in [0.2, 0.25) is 0 Å². The van der Waals surface area contributed by atoms with Gasteiger partial charge in [-0.05, 0) is 48.5 Å². The van der Waals surface area contributed by atoms with Crippen LogP contribution in [0.3, 0.4) is 0 Å². The number of carbonyl (C=O) groups excluding carboxylic acids is 2. The van der Waals surface area contributed by atoms with Gasteiger partial charge in [0.2, 0.25) is 0 Å². The van der Waals surface area contributed by atoms with Crippen LogP contribution in [0.15, 0.2) is 75.3 Å². The summed E-state index contributed by atoms with van der Waals surface area (Å²) in [5.74, 6) is -3.12. The molecule has 7 aliphatic heterocycles. The Morgan fingerprint density at radius 2 is 0.831 bits per heavy atom. The maximum Gasteiger partial charge on any atom is 1.00 e. The third-order valence-electron chi connectivity index (χ3n) is 13.9. The molecule has 38 heteroatoms. The number of hydrogen-bond acceptors (Lipinski definition) is 29. The standard InChI is InChI=1S/C15H20N2O8.C13H18N2O7.C12H16N2O6.C9H12N2O6.C2H4O.Na.H2O/c1-7(19)22-6-8-4-17(14(21)16-12(8)20)13-11-10(9(5-18)23-13)24-15(2,3)25-11;1-13(2)21-8-7(5-17)20-11(9(8)22-13)15-3-6(4-16)10(18)14-12(15)19;1-12(2)19-8-6(5-15)18-10(9(8)20-12)14-4-3-7(16)13-11(14)17;12-3-4-6(14)7(15)8(17-4)11-2-1-5(13)10-9(11)16;1-2-3;;/h4,9-11,13,18H,5-6H2,1-3H3,(H,16,20,21);3,7-9,11,16-17H,4-5H2,1-2H3,(H,14,18,19);3-4,6,8-10,15H,5H2,1-2H3,(H,13,16,17);1-2,4,6-8,12,14-15H,3H2,(H,10,13,16);2H,1H3;;1H2/q;;;;;+1;/p-1/t9-,10+,11?,13-;7-,8+,9?,11-;6-,8+,9?,10-;4-,6+,7?,8-;;;/m1111.../s1. The molecule has 12 N–H and O–H groups in total. The number of carbonyl (C=O) groups is 2. The Balaban J connectivity index is 0.000000213. The number of aliphatic hydroxyl groups is 7. The fraction of sp³-hybridized carbons (Fsp3) is 0.647. The van der Waals surface area contributed by atoms with Crippen molar-refractivity contribution in [1.29, 1.82) is 0 Å². The number of fused-ring (bicyclic) bond motifs is 3. The number of aliphatic hydroxyl groups excluding tert-OH is 7. The van der Waals surface area contributed by atoms with Gasteiger partial charge in [-0.25, -0.2) is 19.2 Å². The molecule has 4 unspecified atom stereocenters. The number of H-pyrrole nitrogens is 4. The van der Waals surface area contributed by atoms with Gasteiger partial charge in [-0.3, -0.25) is 62.2 Å². The molecular formula is C51H71N8NaO29. The minimum Gasteiger partial charge on any atom is -0.870 e. The van der Waals surface area contributed by atoms with Gasteiger partial charge in [0.15, 0.2) is 42.3 Å². The van der Waals surface area contributed by atoms with Crippen LogP contribution in [0.5, 0.6) is 0 Å². The average Bonchev–Trinajstić information content (AvgIpc) is 1.85. The number of aromatic nitrogens is 8. The van der Waals surface area contributed by atoms with Crippen molar-refractivity contribution >= 4 is 12.3 Å². The summed E-state index contributed by atoms with van der Waals surface area (Å²) >= 11 is 0. The van der Waals surface area contributed by atoms with E-state index in [0.29, 0.717) is 0 Å². The van der Waals surface area contributed by atoms with Crippen molar-refractivity contribution in [2.75, 3.05) is 26.4 Å². The number of ether oxygens (including phenoxy) is 11. The number of nitrogens with one attached hydrogen (secondary N) is 4. The Kier molecular flexibility index (Phi) is 25.3. The summed E-state index contributed by atoms with van der Waals surface area (Å²) in [6, 6.07) is 2.32. The van der Waals surface area contributed by atoms with Gasteiger partial charge in [0.1, 0.15) is 86.1 Å². The molecule has 11 rings (SSSR count). The van der Waals surface area contributed by atoms with Crippen molar-refractivity contribution in [2.24, 2.45) is 0 Å². The first kappa shape index (κ1) is 73.9. The fourth-order valence-corrected chi connectivity index (χ4v) is 10.3. The second kappa shape index (κ2) is 30.5. The summed E-state index contributed by atoms with van der Waals surface area (Å²) in [6.07, 6.45) is -6.71. The Hall–Kier alpha value is -5.86. The van der Waals surface area contributed by atoms with Gasteiger partial charge in [-0.15, -0.1) is 0 Å². The molecule has 89 heavy (non-hydrogen) atoms. The summed E-state index contributed by atoms with van der Waals surface area (Å²) in [6.45, 7) is 11.0. The van der Waals surface area contributed by atoms with Crippen molar-refractivity contribution in [3.8, 4) is 0 Å². The Morgan fingerprint density at radius 3 is 1.17 bits per heavy atom. The zero-order valence-electron chi connectivity index (χ0n) is 49.5. The van der Waals surface area contributed by atoms with E-state index in [2.05, 4.69) is 15.0 Å². The number of rotatable bonds is 11. The van der Waals surface area contributed by atoms with Gasteiger partial charge in [0, 0.05) is 43.8 Å². The van der Waals surface area contributed by atoms with E-state index in [1.165, 1.54) is 43.1 Å². The van der Waals surface area contributed by atoms with E-state index in [1.54, 1.807) is 41.5 Å². The zero-order valence-corrected chi connectivity index (χ0v) is 51.5. The predicted molar refractivity (Wildman–Crippen MR) is 288 cm³/mol. The maximum atomic E-state index is 12.2. The Morgan fingerprint density at radius 1 is 0.517 bits per heavy atom. The van der Waals surface area contributed by atoms with Crippen molar-refractivity contribution in [1.82, 2.24) is 38.2 Å². The van der Waals surface area contributed by atoms with Gasteiger partial charge < -0.3 is 98.1 Å².